The van der Waals surface area contributed by atoms with Crippen LogP contribution in [0.15, 0.2) is 36.4 Å². The van der Waals surface area contributed by atoms with Crippen molar-refractivity contribution in [2.75, 3.05) is 6.54 Å². The van der Waals surface area contributed by atoms with Crippen LogP contribution in [0.3, 0.4) is 0 Å². The third kappa shape index (κ3) is 3.61. The van der Waals surface area contributed by atoms with E-state index in [0.29, 0.717) is 0 Å². The minimum absolute atomic E-state index is 0.904. The van der Waals surface area contributed by atoms with Gasteiger partial charge in [0.15, 0.2) is 0 Å². The maximum absolute atomic E-state index is 6.03. The van der Waals surface area contributed by atoms with Crippen LogP contribution in [0.4, 0.5) is 0 Å². The van der Waals surface area contributed by atoms with Crippen LogP contribution in [-0.2, 0) is 6.54 Å². The Balaban J connectivity index is 2.17. The van der Waals surface area contributed by atoms with Gasteiger partial charge in [-0.3, -0.25) is 0 Å². The van der Waals surface area contributed by atoms with Gasteiger partial charge in [-0.05, 0) is 56.1 Å². The van der Waals surface area contributed by atoms with Gasteiger partial charge in [0, 0.05) is 6.54 Å². The zero-order chi connectivity index (χ0) is 14.5. The second kappa shape index (κ2) is 6.58. The lowest BCUT2D eigenvalue weighted by Crippen LogP contribution is -2.11. The molecule has 0 amide bonds. The molecule has 0 saturated heterocycles. The third-order valence-corrected chi connectivity index (χ3v) is 3.37. The first-order valence-electron chi connectivity index (χ1n) is 7.15. The van der Waals surface area contributed by atoms with E-state index in [-0.39, 0.29) is 0 Å². The molecule has 0 fully saturated rings. The van der Waals surface area contributed by atoms with Gasteiger partial charge >= 0.3 is 0 Å². The molecule has 2 aromatic rings. The van der Waals surface area contributed by atoms with Gasteiger partial charge in [-0.15, -0.1) is 0 Å². The Bertz CT molecular complexity index is 590. The van der Waals surface area contributed by atoms with Crippen LogP contribution in [0.2, 0.25) is 0 Å². The summed E-state index contributed by atoms with van der Waals surface area (Å²) in [6.07, 6.45) is 0. The van der Waals surface area contributed by atoms with Gasteiger partial charge < -0.3 is 10.1 Å². The van der Waals surface area contributed by atoms with E-state index < -0.39 is 0 Å². The quantitative estimate of drug-likeness (QED) is 0.862. The van der Waals surface area contributed by atoms with Crippen molar-refractivity contribution < 1.29 is 4.74 Å². The Hall–Kier alpha value is -1.80. The predicted octanol–water partition coefficient (Wildman–Crippen LogP) is 4.51. The molecular weight excluding hydrogens is 246 g/mol. The van der Waals surface area contributed by atoms with Crippen molar-refractivity contribution in [3.8, 4) is 11.5 Å². The Labute approximate surface area is 121 Å². The van der Waals surface area contributed by atoms with Gasteiger partial charge in [0.25, 0.3) is 0 Å². The minimum atomic E-state index is 0.904. The van der Waals surface area contributed by atoms with Crippen LogP contribution in [0, 0.1) is 20.8 Å². The largest absolute Gasteiger partial charge is 0.457 e. The lowest BCUT2D eigenvalue weighted by Gasteiger charge is -2.13. The Kier molecular flexibility index (Phi) is 4.80. The molecule has 2 heteroatoms. The average Bonchev–Trinajstić information content (AvgIpc) is 2.42. The van der Waals surface area contributed by atoms with Crippen molar-refractivity contribution in [2.24, 2.45) is 0 Å². The van der Waals surface area contributed by atoms with Crippen molar-refractivity contribution in [1.29, 1.82) is 0 Å². The molecule has 0 spiro atoms. The molecular formula is C18H23NO. The van der Waals surface area contributed by atoms with Crippen LogP contribution >= 0.6 is 0 Å². The molecule has 0 unspecified atom stereocenters. The van der Waals surface area contributed by atoms with Gasteiger partial charge in [-0.1, -0.05) is 36.8 Å². The molecule has 1 N–H and O–H groups in total. The van der Waals surface area contributed by atoms with Crippen LogP contribution in [-0.4, -0.2) is 6.54 Å². The fourth-order valence-electron chi connectivity index (χ4n) is 2.24. The normalized spacial score (nSPS) is 10.6. The topological polar surface area (TPSA) is 21.3 Å². The fraction of sp³-hybridized carbons (Fsp3) is 0.333. The molecule has 0 aromatic heterocycles. The smallest absolute Gasteiger partial charge is 0.130 e. The highest BCUT2D eigenvalue weighted by molar-refractivity contribution is 5.43. The highest BCUT2D eigenvalue weighted by atomic mass is 16.5. The molecule has 2 aromatic carbocycles. The predicted molar refractivity (Wildman–Crippen MR) is 84.5 cm³/mol. The molecule has 2 rings (SSSR count). The molecule has 106 valence electrons. The van der Waals surface area contributed by atoms with Crippen molar-refractivity contribution in [3.05, 3.63) is 58.7 Å². The fourth-order valence-corrected chi connectivity index (χ4v) is 2.24. The van der Waals surface area contributed by atoms with E-state index in [1.54, 1.807) is 0 Å². The molecule has 0 aliphatic rings. The van der Waals surface area contributed by atoms with Crippen molar-refractivity contribution in [1.82, 2.24) is 5.32 Å². The Morgan fingerprint density at radius 3 is 2.15 bits per heavy atom. The van der Waals surface area contributed by atoms with Gasteiger partial charge in [-0.2, -0.15) is 0 Å². The number of benzene rings is 2. The summed E-state index contributed by atoms with van der Waals surface area (Å²) >= 11 is 0. The Morgan fingerprint density at radius 1 is 0.900 bits per heavy atom. The minimum Gasteiger partial charge on any atom is -0.457 e. The standard InChI is InChI=1S/C18H23NO/c1-5-19-12-16-7-9-18(15(4)11-16)20-17-8-6-13(2)10-14(17)3/h6-11,19H,5,12H2,1-4H3. The lowest BCUT2D eigenvalue weighted by molar-refractivity contribution is 0.474. The maximum atomic E-state index is 6.03. The summed E-state index contributed by atoms with van der Waals surface area (Å²) in [5.74, 6) is 1.86. The monoisotopic (exact) mass is 269 g/mol. The van der Waals surface area contributed by atoms with E-state index in [9.17, 15) is 0 Å². The SMILES string of the molecule is CCNCc1ccc(Oc2ccc(C)cc2C)c(C)c1. The molecule has 0 saturated carbocycles. The molecule has 0 heterocycles. The maximum Gasteiger partial charge on any atom is 0.130 e. The molecule has 0 radical (unpaired) electrons. The van der Waals surface area contributed by atoms with Gasteiger partial charge in [0.2, 0.25) is 0 Å². The van der Waals surface area contributed by atoms with E-state index in [1.807, 2.05) is 6.07 Å². The van der Waals surface area contributed by atoms with Gasteiger partial charge in [0.1, 0.15) is 11.5 Å². The molecule has 2 nitrogen and oxygen atoms in total. The molecule has 0 aliphatic carbocycles. The summed E-state index contributed by atoms with van der Waals surface area (Å²) in [4.78, 5) is 0. The van der Waals surface area contributed by atoms with Gasteiger partial charge in [-0.25, -0.2) is 0 Å². The first kappa shape index (κ1) is 14.6. The van der Waals surface area contributed by atoms with Crippen molar-refractivity contribution in [3.63, 3.8) is 0 Å². The third-order valence-electron chi connectivity index (χ3n) is 3.37. The molecule has 0 bridgehead atoms. The van der Waals surface area contributed by atoms with E-state index in [0.717, 1.165) is 24.6 Å². The van der Waals surface area contributed by atoms with Crippen molar-refractivity contribution >= 4 is 0 Å². The van der Waals surface area contributed by atoms with E-state index in [1.165, 1.54) is 22.3 Å². The Morgan fingerprint density at radius 2 is 1.55 bits per heavy atom. The average molecular weight is 269 g/mol. The number of rotatable bonds is 5. The number of aryl methyl sites for hydroxylation is 3. The molecule has 20 heavy (non-hydrogen) atoms. The molecule has 0 atom stereocenters. The zero-order valence-electron chi connectivity index (χ0n) is 12.8. The van der Waals surface area contributed by atoms with E-state index in [4.69, 9.17) is 4.74 Å². The summed E-state index contributed by atoms with van der Waals surface area (Å²) in [5.41, 5.74) is 4.88. The van der Waals surface area contributed by atoms with E-state index >= 15 is 0 Å². The van der Waals surface area contributed by atoms with Crippen LogP contribution < -0.4 is 10.1 Å². The second-order valence-corrected chi connectivity index (χ2v) is 5.25. The van der Waals surface area contributed by atoms with E-state index in [2.05, 4.69) is 63.3 Å². The zero-order valence-corrected chi connectivity index (χ0v) is 12.8. The van der Waals surface area contributed by atoms with Crippen LogP contribution in [0.25, 0.3) is 0 Å². The summed E-state index contributed by atoms with van der Waals surface area (Å²) < 4.78 is 6.03. The summed E-state index contributed by atoms with van der Waals surface area (Å²) in [5, 5.41) is 3.34. The van der Waals surface area contributed by atoms with Crippen LogP contribution in [0.1, 0.15) is 29.2 Å². The number of hydrogen-bond donors (Lipinski definition) is 1. The first-order chi connectivity index (χ1) is 9.60. The number of ether oxygens (including phenoxy) is 1. The first-order valence-corrected chi connectivity index (χ1v) is 7.15. The van der Waals surface area contributed by atoms with Crippen molar-refractivity contribution in [2.45, 2.75) is 34.2 Å². The van der Waals surface area contributed by atoms with Crippen LogP contribution in [0.5, 0.6) is 11.5 Å². The summed E-state index contributed by atoms with van der Waals surface area (Å²) in [6.45, 7) is 10.3. The summed E-state index contributed by atoms with van der Waals surface area (Å²) in [7, 11) is 0. The number of hydrogen-bond acceptors (Lipinski definition) is 2. The lowest BCUT2D eigenvalue weighted by atomic mass is 10.1. The highest BCUT2D eigenvalue weighted by Gasteiger charge is 2.05. The summed E-state index contributed by atoms with van der Waals surface area (Å²) in [6, 6.07) is 12.6. The number of nitrogens with one attached hydrogen (secondary N) is 1. The second-order valence-electron chi connectivity index (χ2n) is 5.25. The molecule has 0 aliphatic heterocycles. The van der Waals surface area contributed by atoms with Gasteiger partial charge in [0.05, 0.1) is 0 Å². The highest BCUT2D eigenvalue weighted by Crippen LogP contribution is 2.28.